The molecule has 0 nitrogen and oxygen atoms in total. The standard InChI is InChI=1S/C39H64/c1-8-9-10-16-25-39(29-19-14-15-20-29,28-17-12-11-13-18-28)36-34-26-30(37(2,3)4)21-23-32(34)33-24-22-31(27-35(33)36)38(5,6)7/h11-13,17-18,29-36H,8-10,14-16,19-27H2,1-7H3/t30?,31?,32?,33?,34?,35?,36?,39-/m1/s1. The lowest BCUT2D eigenvalue weighted by Crippen LogP contribution is -2.48. The second-order valence-electron chi connectivity index (χ2n) is 17.1. The molecule has 0 aromatic heterocycles. The van der Waals surface area contributed by atoms with E-state index < -0.39 is 0 Å². The van der Waals surface area contributed by atoms with Crippen LogP contribution in [0.25, 0.3) is 0 Å². The molecule has 4 aliphatic carbocycles. The van der Waals surface area contributed by atoms with Crippen molar-refractivity contribution in [2.45, 2.75) is 150 Å². The molecular weight excluding hydrogens is 468 g/mol. The maximum Gasteiger partial charge on any atom is 0.00149 e. The summed E-state index contributed by atoms with van der Waals surface area (Å²) in [5, 5.41) is 0. The first-order valence-electron chi connectivity index (χ1n) is 17.6. The predicted octanol–water partition coefficient (Wildman–Crippen LogP) is 11.9. The predicted molar refractivity (Wildman–Crippen MR) is 170 cm³/mol. The van der Waals surface area contributed by atoms with Gasteiger partial charge in [0.1, 0.15) is 0 Å². The minimum absolute atomic E-state index is 0.396. The number of benzene rings is 1. The van der Waals surface area contributed by atoms with Crippen molar-refractivity contribution < 1.29 is 0 Å². The molecule has 0 amide bonds. The van der Waals surface area contributed by atoms with Gasteiger partial charge in [0, 0.05) is 5.41 Å². The van der Waals surface area contributed by atoms with E-state index in [4.69, 9.17) is 0 Å². The second-order valence-corrected chi connectivity index (χ2v) is 17.1. The topological polar surface area (TPSA) is 0 Å². The van der Waals surface area contributed by atoms with Crippen molar-refractivity contribution in [1.29, 1.82) is 0 Å². The van der Waals surface area contributed by atoms with Gasteiger partial charge in [-0.3, -0.25) is 0 Å². The zero-order chi connectivity index (χ0) is 27.8. The Labute approximate surface area is 243 Å². The monoisotopic (exact) mass is 533 g/mol. The molecule has 220 valence electrons. The highest BCUT2D eigenvalue weighted by Gasteiger charge is 2.62. The summed E-state index contributed by atoms with van der Waals surface area (Å²) in [4.78, 5) is 0. The van der Waals surface area contributed by atoms with Crippen LogP contribution in [0.5, 0.6) is 0 Å². The van der Waals surface area contributed by atoms with Crippen molar-refractivity contribution in [1.82, 2.24) is 0 Å². The quantitative estimate of drug-likeness (QED) is 0.292. The summed E-state index contributed by atoms with van der Waals surface area (Å²) in [5.41, 5.74) is 3.05. The van der Waals surface area contributed by atoms with Crippen LogP contribution >= 0.6 is 0 Å². The Balaban J connectivity index is 1.64. The first-order chi connectivity index (χ1) is 18.6. The molecule has 1 aromatic carbocycles. The largest absolute Gasteiger partial charge is 0.0654 e. The summed E-state index contributed by atoms with van der Waals surface area (Å²) in [6.07, 6.45) is 22.1. The van der Waals surface area contributed by atoms with E-state index in [2.05, 4.69) is 78.8 Å². The van der Waals surface area contributed by atoms with E-state index in [1.165, 1.54) is 96.3 Å². The van der Waals surface area contributed by atoms with Crippen molar-refractivity contribution >= 4 is 0 Å². The van der Waals surface area contributed by atoms with Crippen LogP contribution < -0.4 is 0 Å². The Hall–Kier alpha value is -0.780. The van der Waals surface area contributed by atoms with Crippen LogP contribution in [-0.4, -0.2) is 0 Å². The average molecular weight is 533 g/mol. The van der Waals surface area contributed by atoms with E-state index in [9.17, 15) is 0 Å². The van der Waals surface area contributed by atoms with Crippen LogP contribution in [0.1, 0.15) is 150 Å². The molecule has 5 rings (SSSR count). The van der Waals surface area contributed by atoms with Crippen molar-refractivity contribution in [3.05, 3.63) is 35.9 Å². The van der Waals surface area contributed by atoms with Gasteiger partial charge in [-0.1, -0.05) is 117 Å². The molecule has 4 saturated carbocycles. The van der Waals surface area contributed by atoms with Crippen LogP contribution in [0.4, 0.5) is 0 Å². The van der Waals surface area contributed by atoms with Crippen LogP contribution in [0, 0.1) is 58.2 Å². The van der Waals surface area contributed by atoms with Gasteiger partial charge in [-0.2, -0.15) is 0 Å². The highest BCUT2D eigenvalue weighted by Crippen LogP contribution is 2.68. The van der Waals surface area contributed by atoms with Crippen LogP contribution in [0.2, 0.25) is 0 Å². The summed E-state index contributed by atoms with van der Waals surface area (Å²) < 4.78 is 0. The minimum Gasteiger partial charge on any atom is -0.0654 e. The number of hydrogen-bond acceptors (Lipinski definition) is 0. The average Bonchev–Trinajstić information content (AvgIpc) is 3.55. The molecule has 0 saturated heterocycles. The summed E-state index contributed by atoms with van der Waals surface area (Å²) in [6.45, 7) is 17.7. The van der Waals surface area contributed by atoms with Gasteiger partial charge in [-0.25, -0.2) is 0 Å². The molecular formula is C39H64. The van der Waals surface area contributed by atoms with Crippen LogP contribution in [-0.2, 0) is 5.41 Å². The lowest BCUT2D eigenvalue weighted by molar-refractivity contribution is 0.0190. The smallest absolute Gasteiger partial charge is 0.00149 e. The van der Waals surface area contributed by atoms with Gasteiger partial charge in [0.2, 0.25) is 0 Å². The van der Waals surface area contributed by atoms with E-state index in [0.717, 1.165) is 47.3 Å². The van der Waals surface area contributed by atoms with Gasteiger partial charge < -0.3 is 0 Å². The molecule has 0 aliphatic heterocycles. The van der Waals surface area contributed by atoms with Crippen molar-refractivity contribution in [2.75, 3.05) is 0 Å². The van der Waals surface area contributed by atoms with Gasteiger partial charge in [0.25, 0.3) is 0 Å². The van der Waals surface area contributed by atoms with E-state index in [0.29, 0.717) is 16.2 Å². The second kappa shape index (κ2) is 11.8. The van der Waals surface area contributed by atoms with Crippen molar-refractivity contribution in [2.24, 2.45) is 58.2 Å². The summed E-state index contributed by atoms with van der Waals surface area (Å²) in [7, 11) is 0. The van der Waals surface area contributed by atoms with Crippen LogP contribution in [0.15, 0.2) is 30.3 Å². The zero-order valence-corrected chi connectivity index (χ0v) is 27.1. The molecule has 4 aliphatic rings. The Bertz CT molecular complexity index is 854. The maximum absolute atomic E-state index is 2.61. The zero-order valence-electron chi connectivity index (χ0n) is 27.1. The van der Waals surface area contributed by atoms with E-state index >= 15 is 0 Å². The lowest BCUT2D eigenvalue weighted by Gasteiger charge is -2.53. The van der Waals surface area contributed by atoms with E-state index in [1.807, 2.05) is 0 Å². The first kappa shape index (κ1) is 29.7. The fourth-order valence-electron chi connectivity index (χ4n) is 11.3. The van der Waals surface area contributed by atoms with Crippen molar-refractivity contribution in [3.8, 4) is 0 Å². The summed E-state index contributed by atoms with van der Waals surface area (Å²) in [6, 6.07) is 12.3. The molecule has 0 spiro atoms. The Morgan fingerprint density at radius 1 is 0.590 bits per heavy atom. The molecule has 0 radical (unpaired) electrons. The van der Waals surface area contributed by atoms with E-state index in [-0.39, 0.29) is 0 Å². The number of unbranched alkanes of at least 4 members (excludes halogenated alkanes) is 3. The highest BCUT2D eigenvalue weighted by molar-refractivity contribution is 5.31. The van der Waals surface area contributed by atoms with Crippen LogP contribution in [0.3, 0.4) is 0 Å². The lowest BCUT2D eigenvalue weighted by atomic mass is 9.51. The molecule has 6 unspecified atom stereocenters. The molecule has 0 N–H and O–H groups in total. The summed E-state index contributed by atoms with van der Waals surface area (Å²) >= 11 is 0. The first-order valence-corrected chi connectivity index (χ1v) is 17.6. The van der Waals surface area contributed by atoms with Gasteiger partial charge >= 0.3 is 0 Å². The number of hydrogen-bond donors (Lipinski definition) is 0. The fraction of sp³-hybridized carbons (Fsp3) is 0.846. The third-order valence-corrected chi connectivity index (χ3v) is 13.3. The molecule has 4 fully saturated rings. The Morgan fingerprint density at radius 3 is 1.62 bits per heavy atom. The SMILES string of the molecule is CCCCCC[C@@](c1ccccc1)(C1CCCC1)C1C2CC(C(C)(C)C)CCC2C2CCC(C(C)(C)C)CC21. The maximum atomic E-state index is 2.61. The molecule has 0 bridgehead atoms. The third-order valence-electron chi connectivity index (χ3n) is 13.3. The third kappa shape index (κ3) is 5.80. The molecule has 0 heteroatoms. The van der Waals surface area contributed by atoms with Gasteiger partial charge in [0.15, 0.2) is 0 Å². The number of rotatable bonds is 8. The Kier molecular flexibility index (Phi) is 9.02. The molecule has 39 heavy (non-hydrogen) atoms. The van der Waals surface area contributed by atoms with Gasteiger partial charge in [0.05, 0.1) is 0 Å². The minimum atomic E-state index is 0.396. The molecule has 0 heterocycles. The Morgan fingerprint density at radius 2 is 1.13 bits per heavy atom. The fourth-order valence-corrected chi connectivity index (χ4v) is 11.3. The summed E-state index contributed by atoms with van der Waals surface area (Å²) in [5.74, 6) is 7.49. The molecule has 7 atom stereocenters. The normalized spacial score (nSPS) is 35.4. The molecule has 1 aromatic rings. The van der Waals surface area contributed by atoms with Gasteiger partial charge in [-0.05, 0) is 122 Å². The van der Waals surface area contributed by atoms with Crippen molar-refractivity contribution in [3.63, 3.8) is 0 Å². The van der Waals surface area contributed by atoms with Gasteiger partial charge in [-0.15, -0.1) is 0 Å². The van der Waals surface area contributed by atoms with E-state index in [1.54, 1.807) is 5.56 Å². The number of fused-ring (bicyclic) bond motifs is 3. The highest BCUT2D eigenvalue weighted by atomic mass is 14.7.